The smallest absolute Gasteiger partial charge is 0.323 e. The standard InChI is InChI=1S/C14H14ClN3O3/c1-2-18(8-12(19)20)14(21)17-11-6-5-10(15)9-4-3-7-16-13(9)11/h3-7H,2,8H2,1H3,(H,17,21)(H,19,20). The second-order valence-corrected chi connectivity index (χ2v) is 4.74. The summed E-state index contributed by atoms with van der Waals surface area (Å²) in [6, 6.07) is 6.37. The first-order chi connectivity index (χ1) is 10.0. The van der Waals surface area contributed by atoms with Crippen molar-refractivity contribution in [1.82, 2.24) is 9.88 Å². The van der Waals surface area contributed by atoms with Crippen LogP contribution in [-0.4, -0.2) is 40.1 Å². The maximum Gasteiger partial charge on any atom is 0.323 e. The molecule has 1 heterocycles. The second kappa shape index (κ2) is 6.41. The molecule has 0 aliphatic carbocycles. The number of aliphatic carboxylic acids is 1. The fraction of sp³-hybridized carbons (Fsp3) is 0.214. The molecule has 0 spiro atoms. The molecule has 21 heavy (non-hydrogen) atoms. The van der Waals surface area contributed by atoms with Crippen LogP contribution in [0.3, 0.4) is 0 Å². The van der Waals surface area contributed by atoms with Crippen LogP contribution in [0.2, 0.25) is 5.02 Å². The summed E-state index contributed by atoms with van der Waals surface area (Å²) in [6.45, 7) is 1.64. The summed E-state index contributed by atoms with van der Waals surface area (Å²) < 4.78 is 0. The molecule has 0 atom stereocenters. The molecule has 0 saturated heterocycles. The zero-order valence-corrected chi connectivity index (χ0v) is 12.1. The zero-order valence-electron chi connectivity index (χ0n) is 11.3. The van der Waals surface area contributed by atoms with Crippen LogP contribution in [0.15, 0.2) is 30.5 Å². The molecule has 2 amide bonds. The number of carboxylic acids is 1. The molecule has 6 nitrogen and oxygen atoms in total. The Balaban J connectivity index is 2.29. The van der Waals surface area contributed by atoms with E-state index in [0.29, 0.717) is 16.2 Å². The third kappa shape index (κ3) is 3.41. The Morgan fingerprint density at radius 1 is 1.38 bits per heavy atom. The highest BCUT2D eigenvalue weighted by Crippen LogP contribution is 2.28. The SMILES string of the molecule is CCN(CC(=O)O)C(=O)Nc1ccc(Cl)c2cccnc12. The minimum Gasteiger partial charge on any atom is -0.480 e. The van der Waals surface area contributed by atoms with Crippen molar-refractivity contribution >= 4 is 40.2 Å². The molecule has 0 radical (unpaired) electrons. The molecular weight excluding hydrogens is 294 g/mol. The lowest BCUT2D eigenvalue weighted by Gasteiger charge is -2.19. The molecule has 0 fully saturated rings. The molecule has 0 aliphatic heterocycles. The van der Waals surface area contributed by atoms with Gasteiger partial charge in [-0.3, -0.25) is 9.78 Å². The van der Waals surface area contributed by atoms with Crippen LogP contribution < -0.4 is 5.32 Å². The van der Waals surface area contributed by atoms with E-state index in [1.807, 2.05) is 0 Å². The summed E-state index contributed by atoms with van der Waals surface area (Å²) in [4.78, 5) is 28.2. The van der Waals surface area contributed by atoms with Gasteiger partial charge in [-0.25, -0.2) is 4.79 Å². The van der Waals surface area contributed by atoms with Crippen molar-refractivity contribution < 1.29 is 14.7 Å². The van der Waals surface area contributed by atoms with Gasteiger partial charge in [-0.15, -0.1) is 0 Å². The normalized spacial score (nSPS) is 10.4. The van der Waals surface area contributed by atoms with E-state index >= 15 is 0 Å². The number of urea groups is 1. The predicted molar refractivity (Wildman–Crippen MR) is 80.7 cm³/mol. The van der Waals surface area contributed by atoms with Crippen LogP contribution in [0.1, 0.15) is 6.92 Å². The Morgan fingerprint density at radius 2 is 2.14 bits per heavy atom. The molecule has 110 valence electrons. The number of carboxylic acid groups (broad SMARTS) is 1. The average Bonchev–Trinajstić information content (AvgIpc) is 2.47. The number of fused-ring (bicyclic) bond motifs is 1. The quantitative estimate of drug-likeness (QED) is 0.910. The Hall–Kier alpha value is -2.34. The van der Waals surface area contributed by atoms with E-state index in [-0.39, 0.29) is 13.1 Å². The summed E-state index contributed by atoms with van der Waals surface area (Å²) in [6.07, 6.45) is 1.60. The predicted octanol–water partition coefficient (Wildman–Crippen LogP) is 2.83. The van der Waals surface area contributed by atoms with E-state index < -0.39 is 12.0 Å². The fourth-order valence-corrected chi connectivity index (χ4v) is 2.14. The number of halogens is 1. The van der Waals surface area contributed by atoms with Crippen LogP contribution in [0.5, 0.6) is 0 Å². The van der Waals surface area contributed by atoms with Gasteiger partial charge in [-0.2, -0.15) is 0 Å². The van der Waals surface area contributed by atoms with Crippen molar-refractivity contribution in [2.75, 3.05) is 18.4 Å². The highest BCUT2D eigenvalue weighted by Gasteiger charge is 2.16. The summed E-state index contributed by atoms with van der Waals surface area (Å²) in [5, 5.41) is 12.7. The van der Waals surface area contributed by atoms with Crippen molar-refractivity contribution in [3.63, 3.8) is 0 Å². The lowest BCUT2D eigenvalue weighted by molar-refractivity contribution is -0.137. The lowest BCUT2D eigenvalue weighted by Crippen LogP contribution is -2.38. The number of nitrogens with one attached hydrogen (secondary N) is 1. The Bertz CT molecular complexity index is 690. The molecule has 0 bridgehead atoms. The average molecular weight is 308 g/mol. The first kappa shape index (κ1) is 15.1. The van der Waals surface area contributed by atoms with E-state index in [1.54, 1.807) is 37.4 Å². The molecule has 2 N–H and O–H groups in total. The number of anilines is 1. The second-order valence-electron chi connectivity index (χ2n) is 4.33. The van der Waals surface area contributed by atoms with E-state index in [2.05, 4.69) is 10.3 Å². The van der Waals surface area contributed by atoms with Crippen molar-refractivity contribution in [1.29, 1.82) is 0 Å². The number of amides is 2. The van der Waals surface area contributed by atoms with Crippen LogP contribution in [0.4, 0.5) is 10.5 Å². The summed E-state index contributed by atoms with van der Waals surface area (Å²) >= 11 is 6.08. The molecule has 1 aromatic heterocycles. The van der Waals surface area contributed by atoms with Gasteiger partial charge in [0, 0.05) is 18.1 Å². The largest absolute Gasteiger partial charge is 0.480 e. The van der Waals surface area contributed by atoms with E-state index in [0.717, 1.165) is 5.39 Å². The van der Waals surface area contributed by atoms with Gasteiger partial charge in [-0.1, -0.05) is 11.6 Å². The van der Waals surface area contributed by atoms with Gasteiger partial charge >= 0.3 is 12.0 Å². The van der Waals surface area contributed by atoms with Gasteiger partial charge in [0.25, 0.3) is 0 Å². The fourth-order valence-electron chi connectivity index (χ4n) is 1.92. The molecule has 2 aromatic rings. The molecular formula is C14H14ClN3O3. The number of nitrogens with zero attached hydrogens (tertiary/aromatic N) is 2. The van der Waals surface area contributed by atoms with E-state index in [1.165, 1.54) is 4.90 Å². The molecule has 1 aromatic carbocycles. The van der Waals surface area contributed by atoms with E-state index in [9.17, 15) is 9.59 Å². The number of benzene rings is 1. The number of hydrogen-bond donors (Lipinski definition) is 2. The van der Waals surface area contributed by atoms with Crippen molar-refractivity contribution in [2.45, 2.75) is 6.92 Å². The van der Waals surface area contributed by atoms with Crippen molar-refractivity contribution in [2.24, 2.45) is 0 Å². The maximum atomic E-state index is 12.1. The summed E-state index contributed by atoms with van der Waals surface area (Å²) in [7, 11) is 0. The Morgan fingerprint density at radius 3 is 2.81 bits per heavy atom. The third-order valence-electron chi connectivity index (χ3n) is 2.95. The van der Waals surface area contributed by atoms with E-state index in [4.69, 9.17) is 16.7 Å². The monoisotopic (exact) mass is 307 g/mol. The van der Waals surface area contributed by atoms with Gasteiger partial charge in [0.15, 0.2) is 0 Å². The van der Waals surface area contributed by atoms with Crippen LogP contribution in [0.25, 0.3) is 10.9 Å². The molecule has 7 heteroatoms. The van der Waals surface area contributed by atoms with Gasteiger partial charge in [0.2, 0.25) is 0 Å². The molecule has 2 rings (SSSR count). The minimum absolute atomic E-state index is 0.289. The number of likely N-dealkylation sites (N-methyl/N-ethyl adjacent to an activating group) is 1. The van der Waals surface area contributed by atoms with Crippen LogP contribution >= 0.6 is 11.6 Å². The first-order valence-electron chi connectivity index (χ1n) is 6.34. The van der Waals surface area contributed by atoms with Crippen LogP contribution in [0, 0.1) is 0 Å². The minimum atomic E-state index is -1.06. The highest BCUT2D eigenvalue weighted by atomic mass is 35.5. The van der Waals surface area contributed by atoms with Crippen molar-refractivity contribution in [3.05, 3.63) is 35.5 Å². The van der Waals surface area contributed by atoms with Gasteiger partial charge < -0.3 is 15.3 Å². The number of hydrogen-bond acceptors (Lipinski definition) is 3. The molecule has 0 unspecified atom stereocenters. The molecule has 0 aliphatic rings. The Labute approximate surface area is 126 Å². The number of rotatable bonds is 4. The highest BCUT2D eigenvalue weighted by molar-refractivity contribution is 6.35. The third-order valence-corrected chi connectivity index (χ3v) is 3.28. The number of carbonyl (C=O) groups excluding carboxylic acids is 1. The zero-order chi connectivity index (χ0) is 15.4. The number of pyridine rings is 1. The Kier molecular flexibility index (Phi) is 4.59. The van der Waals surface area contributed by atoms with Gasteiger partial charge in [0.1, 0.15) is 6.54 Å². The summed E-state index contributed by atoms with van der Waals surface area (Å²) in [5.74, 6) is -1.06. The summed E-state index contributed by atoms with van der Waals surface area (Å²) in [5.41, 5.74) is 1.05. The number of aromatic nitrogens is 1. The van der Waals surface area contributed by atoms with Crippen LogP contribution in [-0.2, 0) is 4.79 Å². The first-order valence-corrected chi connectivity index (χ1v) is 6.71. The van der Waals surface area contributed by atoms with Gasteiger partial charge in [0.05, 0.1) is 16.2 Å². The molecule has 0 saturated carbocycles. The topological polar surface area (TPSA) is 82.5 Å². The lowest BCUT2D eigenvalue weighted by atomic mass is 10.2. The van der Waals surface area contributed by atoms with Crippen molar-refractivity contribution in [3.8, 4) is 0 Å². The van der Waals surface area contributed by atoms with Gasteiger partial charge in [-0.05, 0) is 31.2 Å². The number of carbonyl (C=O) groups is 2. The maximum absolute atomic E-state index is 12.1.